The van der Waals surface area contributed by atoms with Crippen LogP contribution in [-0.2, 0) is 6.54 Å². The Labute approximate surface area is 232 Å². The molecule has 4 aromatic rings. The van der Waals surface area contributed by atoms with Gasteiger partial charge in [0.15, 0.2) is 11.6 Å². The summed E-state index contributed by atoms with van der Waals surface area (Å²) in [6, 6.07) is 12.3. The molecule has 0 aliphatic carbocycles. The van der Waals surface area contributed by atoms with Crippen molar-refractivity contribution < 1.29 is 22.7 Å². The number of methoxy groups -OCH3 is 1. The second-order valence-electron chi connectivity index (χ2n) is 9.31. The summed E-state index contributed by atoms with van der Waals surface area (Å²) in [6.45, 7) is 4.18. The molecule has 1 aliphatic heterocycles. The number of amides is 1. The first-order valence-corrected chi connectivity index (χ1v) is 13.2. The summed E-state index contributed by atoms with van der Waals surface area (Å²) in [5.41, 5.74) is 6.88. The number of nitrogens with zero attached hydrogens (tertiary/aromatic N) is 5. The standard InChI is InChI=1S/C27H27BrF2N6O3/c1-16-9-10-34(21-5-3-4-6-22(21)38-2)11-12-36(16)27(37)23-8-7-17(39-23)14-35-15-20(32-33-35)18-13-19(29)24(28)25(30)26(18)31/h3-8,13,15-16H,9-12,14,31H2,1-2H3. The van der Waals surface area contributed by atoms with Gasteiger partial charge >= 0.3 is 0 Å². The molecule has 1 atom stereocenters. The zero-order chi connectivity index (χ0) is 27.7. The number of furan rings is 1. The molecule has 1 fully saturated rings. The van der Waals surface area contributed by atoms with Crippen molar-refractivity contribution in [1.82, 2.24) is 19.9 Å². The van der Waals surface area contributed by atoms with Gasteiger partial charge in [-0.25, -0.2) is 13.5 Å². The lowest BCUT2D eigenvalue weighted by atomic mass is 10.1. The van der Waals surface area contributed by atoms with E-state index in [1.165, 1.54) is 10.9 Å². The zero-order valence-electron chi connectivity index (χ0n) is 21.4. The SMILES string of the molecule is COc1ccccc1N1CCC(C)N(C(=O)c2ccc(Cn3cc(-c4cc(F)c(Br)c(F)c4N)nn3)o2)CC1. The number of benzene rings is 2. The van der Waals surface area contributed by atoms with Crippen LogP contribution in [0.3, 0.4) is 0 Å². The molecular formula is C27H27BrF2N6O3. The summed E-state index contributed by atoms with van der Waals surface area (Å²) >= 11 is 2.83. The number of hydrogen-bond donors (Lipinski definition) is 1. The van der Waals surface area contributed by atoms with Crippen LogP contribution in [0.1, 0.15) is 29.7 Å². The lowest BCUT2D eigenvalue weighted by Gasteiger charge is -2.26. The normalized spacial score (nSPS) is 15.9. The Hall–Kier alpha value is -3.93. The fraction of sp³-hybridized carbons (Fsp3) is 0.296. The molecule has 2 aromatic carbocycles. The van der Waals surface area contributed by atoms with Crippen LogP contribution in [0.4, 0.5) is 20.2 Å². The number of hydrogen-bond acceptors (Lipinski definition) is 7. The van der Waals surface area contributed by atoms with Gasteiger partial charge in [-0.05, 0) is 59.6 Å². The molecule has 1 saturated heterocycles. The molecule has 1 unspecified atom stereocenters. The quantitative estimate of drug-likeness (QED) is 0.246. The number of nitrogen functional groups attached to an aromatic ring is 1. The van der Waals surface area contributed by atoms with Crippen molar-refractivity contribution in [3.63, 3.8) is 0 Å². The molecule has 9 nitrogen and oxygen atoms in total. The van der Waals surface area contributed by atoms with Crippen LogP contribution in [0.2, 0.25) is 0 Å². The fourth-order valence-electron chi connectivity index (χ4n) is 4.69. The van der Waals surface area contributed by atoms with Gasteiger partial charge in [-0.2, -0.15) is 0 Å². The largest absolute Gasteiger partial charge is 0.495 e. The number of ether oxygens (including phenoxy) is 1. The molecule has 0 saturated carbocycles. The number of halogens is 3. The van der Waals surface area contributed by atoms with Gasteiger partial charge < -0.3 is 24.7 Å². The second kappa shape index (κ2) is 11.0. The summed E-state index contributed by atoms with van der Waals surface area (Å²) in [4.78, 5) is 17.4. The molecule has 1 aliphatic rings. The third-order valence-electron chi connectivity index (χ3n) is 6.85. The van der Waals surface area contributed by atoms with Gasteiger partial charge in [-0.15, -0.1) is 5.10 Å². The summed E-state index contributed by atoms with van der Waals surface area (Å²) in [5, 5.41) is 8.00. The highest BCUT2D eigenvalue weighted by atomic mass is 79.9. The van der Waals surface area contributed by atoms with Crippen LogP contribution in [0.15, 0.2) is 57.6 Å². The summed E-state index contributed by atoms with van der Waals surface area (Å²) < 4.78 is 40.7. The van der Waals surface area contributed by atoms with Crippen LogP contribution in [-0.4, -0.2) is 58.6 Å². The minimum atomic E-state index is -0.900. The van der Waals surface area contributed by atoms with E-state index in [0.29, 0.717) is 18.8 Å². The summed E-state index contributed by atoms with van der Waals surface area (Å²) in [5.74, 6) is -0.381. The summed E-state index contributed by atoms with van der Waals surface area (Å²) in [6.07, 6.45) is 2.30. The van der Waals surface area contributed by atoms with E-state index in [0.717, 1.165) is 30.5 Å². The maximum atomic E-state index is 14.2. The Morgan fingerprint density at radius 3 is 2.79 bits per heavy atom. The van der Waals surface area contributed by atoms with E-state index in [-0.39, 0.29) is 45.7 Å². The Morgan fingerprint density at radius 1 is 1.21 bits per heavy atom. The molecule has 2 N–H and O–H groups in total. The molecule has 5 rings (SSSR count). The van der Waals surface area contributed by atoms with Crippen LogP contribution in [0.25, 0.3) is 11.3 Å². The Morgan fingerprint density at radius 2 is 2.00 bits per heavy atom. The van der Waals surface area contributed by atoms with Gasteiger partial charge in [0, 0.05) is 31.2 Å². The molecule has 2 aromatic heterocycles. The van der Waals surface area contributed by atoms with Crippen molar-refractivity contribution >= 4 is 33.2 Å². The first kappa shape index (κ1) is 26.7. The van der Waals surface area contributed by atoms with E-state index < -0.39 is 11.6 Å². The highest BCUT2D eigenvalue weighted by Crippen LogP contribution is 2.33. The average molecular weight is 601 g/mol. The lowest BCUT2D eigenvalue weighted by Crippen LogP contribution is -2.39. The van der Waals surface area contributed by atoms with Crippen molar-refractivity contribution in [1.29, 1.82) is 0 Å². The summed E-state index contributed by atoms with van der Waals surface area (Å²) in [7, 11) is 1.65. The number of nitrogens with two attached hydrogens (primary N) is 1. The number of carbonyl (C=O) groups excluding carboxylic acids is 1. The molecule has 0 bridgehead atoms. The number of para-hydroxylation sites is 2. The fourth-order valence-corrected chi connectivity index (χ4v) is 5.02. The molecule has 1 amide bonds. The van der Waals surface area contributed by atoms with Gasteiger partial charge in [0.2, 0.25) is 0 Å². The second-order valence-corrected chi connectivity index (χ2v) is 10.1. The van der Waals surface area contributed by atoms with Crippen LogP contribution in [0, 0.1) is 11.6 Å². The maximum absolute atomic E-state index is 14.2. The molecule has 3 heterocycles. The van der Waals surface area contributed by atoms with Gasteiger partial charge in [0.25, 0.3) is 5.91 Å². The minimum absolute atomic E-state index is 0.0146. The number of anilines is 2. The Balaban J connectivity index is 1.27. The Bertz CT molecular complexity index is 1510. The topological polar surface area (TPSA) is 103 Å². The van der Waals surface area contributed by atoms with E-state index in [2.05, 4.69) is 31.1 Å². The average Bonchev–Trinajstić information content (AvgIpc) is 3.56. The molecule has 0 spiro atoms. The van der Waals surface area contributed by atoms with Crippen molar-refractivity contribution in [3.05, 3.63) is 76.3 Å². The van der Waals surface area contributed by atoms with Crippen LogP contribution < -0.4 is 15.4 Å². The molecular weight excluding hydrogens is 574 g/mol. The van der Waals surface area contributed by atoms with Crippen molar-refractivity contribution in [2.24, 2.45) is 0 Å². The Kier molecular flexibility index (Phi) is 7.56. The zero-order valence-corrected chi connectivity index (χ0v) is 23.0. The van der Waals surface area contributed by atoms with Gasteiger partial charge in [-0.1, -0.05) is 17.3 Å². The smallest absolute Gasteiger partial charge is 0.289 e. The molecule has 204 valence electrons. The first-order valence-electron chi connectivity index (χ1n) is 12.4. The van der Waals surface area contributed by atoms with Crippen molar-refractivity contribution in [2.75, 3.05) is 37.4 Å². The van der Waals surface area contributed by atoms with E-state index in [1.54, 1.807) is 19.2 Å². The number of rotatable bonds is 6. The highest BCUT2D eigenvalue weighted by molar-refractivity contribution is 9.10. The maximum Gasteiger partial charge on any atom is 0.289 e. The first-order chi connectivity index (χ1) is 18.8. The van der Waals surface area contributed by atoms with E-state index in [4.69, 9.17) is 14.9 Å². The lowest BCUT2D eigenvalue weighted by molar-refractivity contribution is 0.0670. The van der Waals surface area contributed by atoms with Gasteiger partial charge in [0.05, 0.1) is 29.2 Å². The van der Waals surface area contributed by atoms with Gasteiger partial charge in [0.1, 0.15) is 29.6 Å². The highest BCUT2D eigenvalue weighted by Gasteiger charge is 2.28. The number of carbonyl (C=O) groups is 1. The van der Waals surface area contributed by atoms with E-state index in [9.17, 15) is 13.6 Å². The minimum Gasteiger partial charge on any atom is -0.495 e. The molecule has 0 radical (unpaired) electrons. The third-order valence-corrected chi connectivity index (χ3v) is 7.58. The number of aromatic nitrogens is 3. The van der Waals surface area contributed by atoms with Crippen molar-refractivity contribution in [3.8, 4) is 17.0 Å². The predicted octanol–water partition coefficient (Wildman–Crippen LogP) is 4.96. The van der Waals surface area contributed by atoms with Crippen molar-refractivity contribution in [2.45, 2.75) is 25.9 Å². The monoisotopic (exact) mass is 600 g/mol. The van der Waals surface area contributed by atoms with E-state index in [1.807, 2.05) is 36.1 Å². The van der Waals surface area contributed by atoms with Crippen LogP contribution in [0.5, 0.6) is 5.75 Å². The predicted molar refractivity (Wildman–Crippen MR) is 146 cm³/mol. The third kappa shape index (κ3) is 5.33. The molecule has 12 heteroatoms. The van der Waals surface area contributed by atoms with Gasteiger partial charge in [-0.3, -0.25) is 4.79 Å². The van der Waals surface area contributed by atoms with Crippen LogP contribution >= 0.6 is 15.9 Å². The van der Waals surface area contributed by atoms with E-state index >= 15 is 0 Å². The molecule has 39 heavy (non-hydrogen) atoms.